The molecule has 0 aromatic carbocycles. The van der Waals surface area contributed by atoms with Crippen LogP contribution in [0.2, 0.25) is 0 Å². The molecule has 9 heteroatoms. The van der Waals surface area contributed by atoms with Crippen LogP contribution < -0.4 is 10.2 Å². The summed E-state index contributed by atoms with van der Waals surface area (Å²) in [6.07, 6.45) is 7.83. The smallest absolute Gasteiger partial charge is 0.326 e. The van der Waals surface area contributed by atoms with Crippen LogP contribution in [0.25, 0.3) is 5.65 Å². The molecule has 3 aromatic rings. The Hall–Kier alpha value is -3.51. The van der Waals surface area contributed by atoms with Crippen molar-refractivity contribution in [2.45, 2.75) is 0 Å². The van der Waals surface area contributed by atoms with Crippen molar-refractivity contribution in [2.75, 3.05) is 30.5 Å². The maximum atomic E-state index is 12.7. The molecule has 0 spiro atoms. The first-order valence-electron chi connectivity index (χ1n) is 7.43. The Balaban J connectivity index is 1.84. The molecule has 0 aliphatic heterocycles. The van der Waals surface area contributed by atoms with E-state index in [1.807, 2.05) is 6.07 Å². The van der Waals surface area contributed by atoms with E-state index in [2.05, 4.69) is 20.4 Å². The summed E-state index contributed by atoms with van der Waals surface area (Å²) < 4.78 is 6.66. The second kappa shape index (κ2) is 7.37. The van der Waals surface area contributed by atoms with Gasteiger partial charge in [-0.2, -0.15) is 10.4 Å². The molecular weight excluding hydrogens is 322 g/mol. The van der Waals surface area contributed by atoms with E-state index < -0.39 is 0 Å². The molecule has 126 valence electrons. The van der Waals surface area contributed by atoms with Crippen LogP contribution >= 0.6 is 0 Å². The van der Waals surface area contributed by atoms with Gasteiger partial charge in [-0.25, -0.2) is 14.3 Å². The van der Waals surface area contributed by atoms with Crippen molar-refractivity contribution in [1.82, 2.24) is 19.6 Å². The fraction of sp³-hybridized carbons (Fsp3) is 0.188. The number of urea groups is 1. The number of methoxy groups -OCH3 is 1. The normalized spacial score (nSPS) is 10.4. The lowest BCUT2D eigenvalue weighted by Crippen LogP contribution is -2.37. The Bertz CT molecular complexity index is 931. The van der Waals surface area contributed by atoms with Crippen LogP contribution in [-0.2, 0) is 4.74 Å². The Kier molecular flexibility index (Phi) is 4.82. The zero-order chi connectivity index (χ0) is 17.6. The number of amides is 2. The molecule has 3 rings (SSSR count). The van der Waals surface area contributed by atoms with Crippen molar-refractivity contribution in [3.8, 4) is 6.07 Å². The number of ether oxygens (including phenoxy) is 1. The average molecular weight is 337 g/mol. The van der Waals surface area contributed by atoms with Crippen molar-refractivity contribution < 1.29 is 9.53 Å². The summed E-state index contributed by atoms with van der Waals surface area (Å²) in [6.45, 7) is 0.639. The second-order valence-corrected chi connectivity index (χ2v) is 5.09. The zero-order valence-electron chi connectivity index (χ0n) is 13.5. The van der Waals surface area contributed by atoms with E-state index in [1.165, 1.54) is 23.5 Å². The molecule has 0 aliphatic carbocycles. The summed E-state index contributed by atoms with van der Waals surface area (Å²) in [5.41, 5.74) is 2.00. The first-order chi connectivity index (χ1) is 12.2. The minimum absolute atomic E-state index is 0.304. The van der Waals surface area contributed by atoms with Crippen LogP contribution in [0, 0.1) is 11.3 Å². The third-order valence-electron chi connectivity index (χ3n) is 3.44. The van der Waals surface area contributed by atoms with Crippen molar-refractivity contribution in [3.63, 3.8) is 0 Å². The van der Waals surface area contributed by atoms with E-state index in [0.717, 1.165) is 0 Å². The molecule has 25 heavy (non-hydrogen) atoms. The number of imidazole rings is 1. The SMILES string of the molecule is COCCN(C(=O)Nc1cnn2ccnc2c1)c1cncc(C#N)c1. The van der Waals surface area contributed by atoms with Gasteiger partial charge in [-0.15, -0.1) is 0 Å². The van der Waals surface area contributed by atoms with Gasteiger partial charge in [-0.3, -0.25) is 9.88 Å². The van der Waals surface area contributed by atoms with E-state index >= 15 is 0 Å². The lowest BCUT2D eigenvalue weighted by molar-refractivity contribution is 0.204. The number of carbonyl (C=O) groups is 1. The van der Waals surface area contributed by atoms with Crippen molar-refractivity contribution in [1.29, 1.82) is 5.26 Å². The highest BCUT2D eigenvalue weighted by atomic mass is 16.5. The highest BCUT2D eigenvalue weighted by Gasteiger charge is 2.17. The highest BCUT2D eigenvalue weighted by Crippen LogP contribution is 2.17. The monoisotopic (exact) mass is 337 g/mol. The van der Waals surface area contributed by atoms with Gasteiger partial charge < -0.3 is 10.1 Å². The first-order valence-corrected chi connectivity index (χ1v) is 7.43. The largest absolute Gasteiger partial charge is 0.383 e. The standard InChI is InChI=1S/C16H15N7O2/c1-25-5-4-22(14-6-12(8-17)9-18-11-14)16(24)21-13-7-15-19-2-3-23(15)20-10-13/h2-3,6-7,9-11H,4-5H2,1H3,(H,21,24). The molecule has 0 saturated heterocycles. The molecular formula is C16H15N7O2. The minimum atomic E-state index is -0.383. The first kappa shape index (κ1) is 16.4. The number of aromatic nitrogens is 4. The van der Waals surface area contributed by atoms with Crippen molar-refractivity contribution in [2.24, 2.45) is 0 Å². The fourth-order valence-corrected chi connectivity index (χ4v) is 2.24. The van der Waals surface area contributed by atoms with Crippen LogP contribution in [0.1, 0.15) is 5.56 Å². The summed E-state index contributed by atoms with van der Waals surface area (Å²) in [7, 11) is 1.55. The number of hydrogen-bond donors (Lipinski definition) is 1. The predicted octanol–water partition coefficient (Wildman–Crippen LogP) is 1.68. The highest BCUT2D eigenvalue weighted by molar-refractivity contribution is 6.01. The van der Waals surface area contributed by atoms with Gasteiger partial charge >= 0.3 is 6.03 Å². The third-order valence-corrected chi connectivity index (χ3v) is 3.44. The van der Waals surface area contributed by atoms with Crippen molar-refractivity contribution in [3.05, 3.63) is 48.7 Å². The molecule has 3 aromatic heterocycles. The molecule has 0 atom stereocenters. The lowest BCUT2D eigenvalue weighted by Gasteiger charge is -2.22. The van der Waals surface area contributed by atoms with Gasteiger partial charge in [-0.1, -0.05) is 0 Å². The summed E-state index contributed by atoms with van der Waals surface area (Å²) in [5, 5.41) is 16.0. The van der Waals surface area contributed by atoms with Gasteiger partial charge in [-0.05, 0) is 6.07 Å². The molecule has 9 nitrogen and oxygen atoms in total. The number of nitrogens with one attached hydrogen (secondary N) is 1. The van der Waals surface area contributed by atoms with Crippen LogP contribution in [0.4, 0.5) is 16.2 Å². The van der Waals surface area contributed by atoms with Crippen LogP contribution in [0.3, 0.4) is 0 Å². The summed E-state index contributed by atoms with van der Waals surface area (Å²) in [5.74, 6) is 0. The van der Waals surface area contributed by atoms with Crippen molar-refractivity contribution >= 4 is 23.1 Å². The molecule has 0 radical (unpaired) electrons. The Morgan fingerprint density at radius 3 is 3.08 bits per heavy atom. The van der Waals surface area contributed by atoms with Gasteiger partial charge in [0.15, 0.2) is 5.65 Å². The number of nitrogens with zero attached hydrogens (tertiary/aromatic N) is 6. The summed E-state index contributed by atoms with van der Waals surface area (Å²) >= 11 is 0. The number of hydrogen-bond acceptors (Lipinski definition) is 6. The molecule has 3 heterocycles. The summed E-state index contributed by atoms with van der Waals surface area (Å²) in [4.78, 5) is 22.3. The number of carbonyl (C=O) groups excluding carboxylic acids is 1. The molecule has 0 aliphatic rings. The van der Waals surface area contributed by atoms with Crippen LogP contribution in [0.5, 0.6) is 0 Å². The van der Waals surface area contributed by atoms with E-state index in [-0.39, 0.29) is 6.03 Å². The van der Waals surface area contributed by atoms with E-state index in [1.54, 1.807) is 36.2 Å². The molecule has 0 bridgehead atoms. The maximum Gasteiger partial charge on any atom is 0.326 e. The summed E-state index contributed by atoms with van der Waals surface area (Å²) in [6, 6.07) is 4.94. The van der Waals surface area contributed by atoms with E-state index in [0.29, 0.717) is 35.7 Å². The average Bonchev–Trinajstić information content (AvgIpc) is 3.10. The molecule has 0 saturated carbocycles. The zero-order valence-corrected chi connectivity index (χ0v) is 13.5. The van der Waals surface area contributed by atoms with Gasteiger partial charge in [0.2, 0.25) is 0 Å². The number of pyridine rings is 1. The molecule has 1 N–H and O–H groups in total. The third kappa shape index (κ3) is 3.70. The maximum absolute atomic E-state index is 12.7. The van der Waals surface area contributed by atoms with Crippen LogP contribution in [-0.4, -0.2) is 45.9 Å². The topological polar surface area (TPSA) is 108 Å². The van der Waals surface area contributed by atoms with Gasteiger partial charge in [0.25, 0.3) is 0 Å². The Labute approximate surface area is 143 Å². The van der Waals surface area contributed by atoms with Gasteiger partial charge in [0.05, 0.1) is 42.5 Å². The van der Waals surface area contributed by atoms with E-state index in [4.69, 9.17) is 10.00 Å². The van der Waals surface area contributed by atoms with E-state index in [9.17, 15) is 4.79 Å². The molecule has 0 fully saturated rings. The molecule has 0 unspecified atom stereocenters. The predicted molar refractivity (Wildman–Crippen MR) is 90.2 cm³/mol. The number of nitriles is 1. The van der Waals surface area contributed by atoms with Crippen LogP contribution in [0.15, 0.2) is 43.1 Å². The second-order valence-electron chi connectivity index (χ2n) is 5.09. The Morgan fingerprint density at radius 2 is 2.28 bits per heavy atom. The number of rotatable bonds is 5. The quantitative estimate of drug-likeness (QED) is 0.759. The molecule has 2 amide bonds. The fourth-order valence-electron chi connectivity index (χ4n) is 2.24. The Morgan fingerprint density at radius 1 is 1.40 bits per heavy atom. The van der Waals surface area contributed by atoms with Gasteiger partial charge in [0.1, 0.15) is 6.07 Å². The lowest BCUT2D eigenvalue weighted by atomic mass is 10.2. The van der Waals surface area contributed by atoms with Gasteiger partial charge in [0, 0.05) is 31.8 Å². The number of anilines is 2. The minimum Gasteiger partial charge on any atom is -0.383 e. The number of fused-ring (bicyclic) bond motifs is 1.